The first-order chi connectivity index (χ1) is 9.78. The lowest BCUT2D eigenvalue weighted by Crippen LogP contribution is -2.21. The minimum atomic E-state index is 0.212. The van der Waals surface area contributed by atoms with Gasteiger partial charge in [0.05, 0.1) is 0 Å². The Labute approximate surface area is 129 Å². The molecule has 0 bridgehead atoms. The van der Waals surface area contributed by atoms with Crippen LogP contribution in [0.1, 0.15) is 46.2 Å². The Hall–Kier alpha value is -0.710. The maximum Gasteiger partial charge on any atom is 0.126 e. The largest absolute Gasteiger partial charge is 0.464 e. The summed E-state index contributed by atoms with van der Waals surface area (Å²) < 4.78 is 5.87. The van der Waals surface area contributed by atoms with E-state index in [2.05, 4.69) is 30.4 Å². The van der Waals surface area contributed by atoms with E-state index in [1.807, 2.05) is 30.0 Å². The molecular formula is C16H21NOS2. The summed E-state index contributed by atoms with van der Waals surface area (Å²) in [5.74, 6) is 4.46. The number of rotatable bonds is 5. The minimum Gasteiger partial charge on any atom is -0.464 e. The lowest BCUT2D eigenvalue weighted by molar-refractivity contribution is 0.433. The molecule has 20 heavy (non-hydrogen) atoms. The fraction of sp³-hybridized carbons (Fsp3) is 0.500. The number of thiophene rings is 1. The summed E-state index contributed by atoms with van der Waals surface area (Å²) in [6.45, 7) is 5.23. The van der Waals surface area contributed by atoms with Gasteiger partial charge >= 0.3 is 0 Å². The molecule has 0 aromatic carbocycles. The molecule has 1 aliphatic heterocycles. The van der Waals surface area contributed by atoms with Crippen LogP contribution in [0.5, 0.6) is 0 Å². The van der Waals surface area contributed by atoms with Crippen LogP contribution in [0.3, 0.4) is 0 Å². The van der Waals surface area contributed by atoms with Crippen LogP contribution in [0.15, 0.2) is 22.6 Å². The van der Waals surface area contributed by atoms with Crippen LogP contribution in [0.4, 0.5) is 0 Å². The fourth-order valence-corrected chi connectivity index (χ4v) is 5.01. The Balaban J connectivity index is 1.90. The molecule has 1 aliphatic rings. The van der Waals surface area contributed by atoms with E-state index >= 15 is 0 Å². The Morgan fingerprint density at radius 2 is 2.30 bits per heavy atom. The molecule has 1 N–H and O–H groups in total. The monoisotopic (exact) mass is 307 g/mol. The molecule has 3 rings (SSSR count). The van der Waals surface area contributed by atoms with Crippen molar-refractivity contribution in [2.75, 3.05) is 12.3 Å². The number of aryl methyl sites for hydroxylation is 2. The molecule has 0 saturated carbocycles. The highest BCUT2D eigenvalue weighted by atomic mass is 32.2. The van der Waals surface area contributed by atoms with E-state index in [4.69, 9.17) is 4.42 Å². The highest BCUT2D eigenvalue weighted by Gasteiger charge is 2.22. The third-order valence-corrected chi connectivity index (χ3v) is 5.89. The van der Waals surface area contributed by atoms with Crippen LogP contribution >= 0.6 is 23.1 Å². The summed E-state index contributed by atoms with van der Waals surface area (Å²) in [5.41, 5.74) is 1.54. The maximum atomic E-state index is 5.87. The van der Waals surface area contributed by atoms with Gasteiger partial charge in [0, 0.05) is 15.5 Å². The smallest absolute Gasteiger partial charge is 0.126 e. The van der Waals surface area contributed by atoms with E-state index in [1.54, 1.807) is 4.88 Å². The Bertz CT molecular complexity index is 549. The van der Waals surface area contributed by atoms with Gasteiger partial charge in [0.1, 0.15) is 17.6 Å². The molecule has 0 amide bonds. The standard InChI is InChI=1S/C16H21NOS2/c1-3-7-17-16(13-5-4-11(2)18-13)15-9-12-10-19-8-6-14(12)20-15/h4-5,9,16-17H,3,6-8,10H2,1-2H3. The molecule has 2 aromatic heterocycles. The molecule has 3 heterocycles. The van der Waals surface area contributed by atoms with Crippen LogP contribution in [-0.2, 0) is 12.2 Å². The summed E-state index contributed by atoms with van der Waals surface area (Å²) in [5, 5.41) is 3.63. The summed E-state index contributed by atoms with van der Waals surface area (Å²) >= 11 is 4.01. The highest BCUT2D eigenvalue weighted by Crippen LogP contribution is 2.36. The molecule has 0 fully saturated rings. The van der Waals surface area contributed by atoms with Gasteiger partial charge in [-0.3, -0.25) is 0 Å². The SMILES string of the molecule is CCCNC(c1ccc(C)o1)c1cc2c(s1)CCSC2. The maximum absolute atomic E-state index is 5.87. The second kappa shape index (κ2) is 6.37. The van der Waals surface area contributed by atoms with Crippen molar-refractivity contribution < 1.29 is 4.42 Å². The molecule has 0 aliphatic carbocycles. The van der Waals surface area contributed by atoms with E-state index in [0.29, 0.717) is 0 Å². The van der Waals surface area contributed by atoms with Gasteiger partial charge in [-0.2, -0.15) is 11.8 Å². The van der Waals surface area contributed by atoms with Crippen molar-refractivity contribution in [3.05, 3.63) is 45.0 Å². The molecule has 0 saturated heterocycles. The molecule has 1 unspecified atom stereocenters. The second-order valence-corrected chi connectivity index (χ2v) is 7.51. The van der Waals surface area contributed by atoms with Crippen LogP contribution in [0, 0.1) is 6.92 Å². The Morgan fingerprint density at radius 3 is 3.00 bits per heavy atom. The first kappa shape index (κ1) is 14.2. The molecule has 1 atom stereocenters. The third kappa shape index (κ3) is 2.97. The molecule has 2 nitrogen and oxygen atoms in total. The number of thioether (sulfide) groups is 1. The zero-order valence-corrected chi connectivity index (χ0v) is 13.7. The number of furan rings is 1. The van der Waals surface area contributed by atoms with Crippen molar-refractivity contribution in [2.45, 2.75) is 38.5 Å². The topological polar surface area (TPSA) is 25.2 Å². The average Bonchev–Trinajstić information content (AvgIpc) is 3.05. The van der Waals surface area contributed by atoms with Crippen molar-refractivity contribution in [2.24, 2.45) is 0 Å². The Morgan fingerprint density at radius 1 is 1.40 bits per heavy atom. The molecule has 2 aromatic rings. The lowest BCUT2D eigenvalue weighted by Gasteiger charge is -2.14. The zero-order chi connectivity index (χ0) is 13.9. The van der Waals surface area contributed by atoms with Crippen molar-refractivity contribution in [3.63, 3.8) is 0 Å². The van der Waals surface area contributed by atoms with Crippen molar-refractivity contribution in [1.82, 2.24) is 5.32 Å². The summed E-state index contributed by atoms with van der Waals surface area (Å²) in [6, 6.07) is 6.76. The van der Waals surface area contributed by atoms with Gasteiger partial charge in [0.2, 0.25) is 0 Å². The fourth-order valence-electron chi connectivity index (χ4n) is 2.55. The van der Waals surface area contributed by atoms with E-state index in [9.17, 15) is 0 Å². The van der Waals surface area contributed by atoms with E-state index in [1.165, 1.54) is 28.4 Å². The van der Waals surface area contributed by atoms with Gasteiger partial charge in [-0.1, -0.05) is 6.92 Å². The van der Waals surface area contributed by atoms with Crippen molar-refractivity contribution in [3.8, 4) is 0 Å². The first-order valence-electron chi connectivity index (χ1n) is 7.27. The second-order valence-electron chi connectivity index (χ2n) is 5.24. The summed E-state index contributed by atoms with van der Waals surface area (Å²) in [4.78, 5) is 2.98. The third-order valence-electron chi connectivity index (χ3n) is 3.58. The van der Waals surface area contributed by atoms with E-state index in [0.717, 1.165) is 24.5 Å². The van der Waals surface area contributed by atoms with Crippen molar-refractivity contribution in [1.29, 1.82) is 0 Å². The van der Waals surface area contributed by atoms with Gasteiger partial charge in [0.15, 0.2) is 0 Å². The van der Waals surface area contributed by atoms with Gasteiger partial charge in [0.25, 0.3) is 0 Å². The van der Waals surface area contributed by atoms with Gasteiger partial charge in [-0.25, -0.2) is 0 Å². The van der Waals surface area contributed by atoms with E-state index < -0.39 is 0 Å². The van der Waals surface area contributed by atoms with Crippen LogP contribution in [0.25, 0.3) is 0 Å². The normalized spacial score (nSPS) is 16.1. The van der Waals surface area contributed by atoms with E-state index in [-0.39, 0.29) is 6.04 Å². The highest BCUT2D eigenvalue weighted by molar-refractivity contribution is 7.98. The lowest BCUT2D eigenvalue weighted by atomic mass is 10.1. The predicted molar refractivity (Wildman–Crippen MR) is 87.8 cm³/mol. The van der Waals surface area contributed by atoms with Crippen LogP contribution in [0.2, 0.25) is 0 Å². The van der Waals surface area contributed by atoms with Gasteiger partial charge in [-0.15, -0.1) is 11.3 Å². The average molecular weight is 307 g/mol. The molecule has 108 valence electrons. The summed E-state index contributed by atoms with van der Waals surface area (Å²) in [7, 11) is 0. The zero-order valence-electron chi connectivity index (χ0n) is 12.1. The van der Waals surface area contributed by atoms with Crippen LogP contribution < -0.4 is 5.32 Å². The van der Waals surface area contributed by atoms with Crippen molar-refractivity contribution >= 4 is 23.1 Å². The molecule has 4 heteroatoms. The quantitative estimate of drug-likeness (QED) is 0.878. The first-order valence-corrected chi connectivity index (χ1v) is 9.24. The number of fused-ring (bicyclic) bond motifs is 1. The predicted octanol–water partition coefficient (Wildman–Crippen LogP) is 4.53. The summed E-state index contributed by atoms with van der Waals surface area (Å²) in [6.07, 6.45) is 2.36. The van der Waals surface area contributed by atoms with Gasteiger partial charge in [-0.05, 0) is 55.8 Å². The number of hydrogen-bond acceptors (Lipinski definition) is 4. The minimum absolute atomic E-state index is 0.212. The number of nitrogens with one attached hydrogen (secondary N) is 1. The van der Waals surface area contributed by atoms with Gasteiger partial charge < -0.3 is 9.73 Å². The number of hydrogen-bond donors (Lipinski definition) is 1. The molecular weight excluding hydrogens is 286 g/mol. The van der Waals surface area contributed by atoms with Crippen LogP contribution in [-0.4, -0.2) is 12.3 Å². The molecule has 0 spiro atoms. The Kier molecular flexibility index (Phi) is 4.54. The molecule has 0 radical (unpaired) electrons.